The average molecular weight is 471 g/mol. The van der Waals surface area contributed by atoms with Crippen LogP contribution in [-0.2, 0) is 19.2 Å². The molecule has 12 heteroatoms. The number of amides is 4. The Morgan fingerprint density at radius 2 is 1.88 bits per heavy atom. The molecule has 1 saturated carbocycles. The molecule has 9 nitrogen and oxygen atoms in total. The maximum absolute atomic E-state index is 13.3. The molecule has 182 valence electrons. The molecule has 1 unspecified atom stereocenters. The predicted molar refractivity (Wildman–Crippen MR) is 108 cm³/mol. The molecule has 33 heavy (non-hydrogen) atoms. The molecule has 0 bridgehead atoms. The first-order valence-electron chi connectivity index (χ1n) is 10.9. The van der Waals surface area contributed by atoms with Gasteiger partial charge in [-0.1, -0.05) is 20.8 Å². The number of hydrogen-bond acceptors (Lipinski definition) is 5. The molecule has 3 aliphatic rings. The number of halogens is 3. The molecule has 0 aromatic rings. The molecular formula is C21H28F3N5O4. The molecule has 2 saturated heterocycles. The van der Waals surface area contributed by atoms with Gasteiger partial charge in [0.2, 0.25) is 17.7 Å². The summed E-state index contributed by atoms with van der Waals surface area (Å²) in [6.45, 7) is 5.09. The van der Waals surface area contributed by atoms with Crippen molar-refractivity contribution in [2.75, 3.05) is 6.54 Å². The third kappa shape index (κ3) is 5.39. The van der Waals surface area contributed by atoms with Crippen molar-refractivity contribution in [1.29, 1.82) is 5.26 Å². The van der Waals surface area contributed by atoms with Gasteiger partial charge in [0.25, 0.3) is 0 Å². The maximum Gasteiger partial charge on any atom is 0.471 e. The summed E-state index contributed by atoms with van der Waals surface area (Å²) < 4.78 is 38.5. The average Bonchev–Trinajstić information content (AvgIpc) is 3.18. The van der Waals surface area contributed by atoms with E-state index in [4.69, 9.17) is 0 Å². The lowest BCUT2D eigenvalue weighted by molar-refractivity contribution is -0.176. The van der Waals surface area contributed by atoms with Gasteiger partial charge in [0.15, 0.2) is 0 Å². The highest BCUT2D eigenvalue weighted by molar-refractivity contribution is 5.94. The van der Waals surface area contributed by atoms with Crippen molar-refractivity contribution >= 4 is 23.6 Å². The number of piperidine rings is 1. The highest BCUT2D eigenvalue weighted by Crippen LogP contribution is 2.48. The Balaban J connectivity index is 1.73. The normalized spacial score (nSPS) is 28.3. The van der Waals surface area contributed by atoms with Crippen molar-refractivity contribution in [3.05, 3.63) is 0 Å². The smallest absolute Gasteiger partial charge is 0.356 e. The monoisotopic (exact) mass is 471 g/mol. The second-order valence-corrected chi connectivity index (χ2v) is 10.0. The molecule has 0 radical (unpaired) electrons. The minimum Gasteiger partial charge on any atom is -0.356 e. The van der Waals surface area contributed by atoms with E-state index in [1.54, 1.807) is 5.32 Å². The molecule has 0 spiro atoms. The van der Waals surface area contributed by atoms with Gasteiger partial charge in [-0.2, -0.15) is 18.4 Å². The van der Waals surface area contributed by atoms with Crippen molar-refractivity contribution < 1.29 is 32.3 Å². The third-order valence-electron chi connectivity index (χ3n) is 6.46. The fourth-order valence-electron chi connectivity index (χ4n) is 4.58. The molecule has 2 aliphatic heterocycles. The van der Waals surface area contributed by atoms with E-state index < -0.39 is 53.4 Å². The van der Waals surface area contributed by atoms with E-state index in [-0.39, 0.29) is 24.3 Å². The van der Waals surface area contributed by atoms with Crippen LogP contribution < -0.4 is 16.0 Å². The lowest BCUT2D eigenvalue weighted by Gasteiger charge is -2.36. The molecule has 3 fully saturated rings. The van der Waals surface area contributed by atoms with Crippen LogP contribution in [0.5, 0.6) is 0 Å². The SMILES string of the molecule is CC(C)(C)[C@H](NC(=O)C(F)(F)F)C(=O)N1[C@@H]2C[C@@H]2C[C@H]1C(=O)N[C@H](C#N)CC1CCNC1=O. The second-order valence-electron chi connectivity index (χ2n) is 10.0. The minimum absolute atomic E-state index is 0.0461. The van der Waals surface area contributed by atoms with Crippen molar-refractivity contribution in [1.82, 2.24) is 20.9 Å². The minimum atomic E-state index is -5.15. The fourth-order valence-corrected chi connectivity index (χ4v) is 4.58. The molecule has 2 heterocycles. The van der Waals surface area contributed by atoms with Gasteiger partial charge in [-0.25, -0.2) is 0 Å². The van der Waals surface area contributed by atoms with Crippen LogP contribution in [-0.4, -0.2) is 65.4 Å². The van der Waals surface area contributed by atoms with E-state index in [1.807, 2.05) is 6.07 Å². The quantitative estimate of drug-likeness (QED) is 0.522. The Morgan fingerprint density at radius 3 is 2.39 bits per heavy atom. The van der Waals surface area contributed by atoms with Gasteiger partial charge in [-0.05, 0) is 37.0 Å². The molecule has 4 amide bonds. The Hall–Kier alpha value is -2.84. The summed E-state index contributed by atoms with van der Waals surface area (Å²) in [5.74, 6) is -4.10. The predicted octanol–water partition coefficient (Wildman–Crippen LogP) is 0.604. The van der Waals surface area contributed by atoms with Gasteiger partial charge < -0.3 is 20.9 Å². The molecule has 3 rings (SSSR count). The van der Waals surface area contributed by atoms with Crippen molar-refractivity contribution in [2.24, 2.45) is 17.3 Å². The summed E-state index contributed by atoms with van der Waals surface area (Å²) in [5.41, 5.74) is -1.04. The number of nitriles is 1. The summed E-state index contributed by atoms with van der Waals surface area (Å²) >= 11 is 0. The number of alkyl halides is 3. The van der Waals surface area contributed by atoms with Crippen LogP contribution in [0.25, 0.3) is 0 Å². The lowest BCUT2D eigenvalue weighted by atomic mass is 9.85. The van der Waals surface area contributed by atoms with E-state index >= 15 is 0 Å². The lowest BCUT2D eigenvalue weighted by Crippen LogP contribution is -2.60. The first-order valence-corrected chi connectivity index (χ1v) is 10.9. The van der Waals surface area contributed by atoms with Crippen LogP contribution in [0.3, 0.4) is 0 Å². The largest absolute Gasteiger partial charge is 0.471 e. The van der Waals surface area contributed by atoms with Crippen LogP contribution in [0.4, 0.5) is 13.2 Å². The molecule has 3 N–H and O–H groups in total. The van der Waals surface area contributed by atoms with Gasteiger partial charge in [-0.15, -0.1) is 0 Å². The van der Waals surface area contributed by atoms with Crippen LogP contribution >= 0.6 is 0 Å². The molecule has 0 aromatic carbocycles. The number of rotatable bonds is 6. The molecule has 6 atom stereocenters. The van der Waals surface area contributed by atoms with Crippen molar-refractivity contribution in [3.8, 4) is 6.07 Å². The van der Waals surface area contributed by atoms with Crippen LogP contribution in [0.2, 0.25) is 0 Å². The number of nitrogens with zero attached hydrogens (tertiary/aromatic N) is 2. The summed E-state index contributed by atoms with van der Waals surface area (Å²) in [6, 6.07) is -1.72. The Morgan fingerprint density at radius 1 is 1.21 bits per heavy atom. The summed E-state index contributed by atoms with van der Waals surface area (Å²) in [5, 5.41) is 16.5. The Labute approximate surface area is 189 Å². The van der Waals surface area contributed by atoms with Crippen LogP contribution in [0.15, 0.2) is 0 Å². The highest BCUT2D eigenvalue weighted by Gasteiger charge is 2.58. The van der Waals surface area contributed by atoms with Crippen molar-refractivity contribution in [3.63, 3.8) is 0 Å². The molecule has 0 aromatic heterocycles. The molecular weight excluding hydrogens is 443 g/mol. The number of carbonyl (C=O) groups excluding carboxylic acids is 4. The number of fused-ring (bicyclic) bond motifs is 1. The topological polar surface area (TPSA) is 131 Å². The first-order chi connectivity index (χ1) is 15.2. The number of nitrogens with one attached hydrogen (secondary N) is 3. The first kappa shape index (κ1) is 24.8. The number of likely N-dealkylation sites (tertiary alicyclic amines) is 1. The van der Waals surface area contributed by atoms with Crippen molar-refractivity contribution in [2.45, 2.75) is 76.8 Å². The summed E-state index contributed by atoms with van der Waals surface area (Å²) in [6.07, 6.45) is -3.51. The van der Waals surface area contributed by atoms with E-state index in [1.165, 1.54) is 25.7 Å². The van der Waals surface area contributed by atoms with E-state index in [2.05, 4.69) is 10.6 Å². The number of carbonyl (C=O) groups is 4. The van der Waals surface area contributed by atoms with E-state index in [0.717, 1.165) is 0 Å². The number of hydrogen-bond donors (Lipinski definition) is 3. The van der Waals surface area contributed by atoms with Crippen LogP contribution in [0.1, 0.15) is 46.5 Å². The van der Waals surface area contributed by atoms with Gasteiger partial charge in [0, 0.05) is 18.5 Å². The fraction of sp³-hybridized carbons (Fsp3) is 0.762. The zero-order chi connectivity index (χ0) is 24.7. The Bertz CT molecular complexity index is 879. The van der Waals surface area contributed by atoms with E-state index in [0.29, 0.717) is 25.8 Å². The summed E-state index contributed by atoms with van der Waals surface area (Å²) in [7, 11) is 0. The maximum atomic E-state index is 13.3. The zero-order valence-electron chi connectivity index (χ0n) is 18.7. The second kappa shape index (κ2) is 8.83. The zero-order valence-corrected chi connectivity index (χ0v) is 18.7. The van der Waals surface area contributed by atoms with E-state index in [9.17, 15) is 37.6 Å². The van der Waals surface area contributed by atoms with Gasteiger partial charge in [0.1, 0.15) is 18.1 Å². The van der Waals surface area contributed by atoms with Gasteiger partial charge >= 0.3 is 12.1 Å². The van der Waals surface area contributed by atoms with Gasteiger partial charge in [-0.3, -0.25) is 19.2 Å². The highest BCUT2D eigenvalue weighted by atomic mass is 19.4. The van der Waals surface area contributed by atoms with Crippen LogP contribution in [0, 0.1) is 28.6 Å². The standard InChI is InChI=1S/C21H28F3N5O4/c1-20(2,3)15(28-19(33)21(22,23)24)18(32)29-13-7-11(13)8-14(29)17(31)27-12(9-25)6-10-4-5-26-16(10)30/h10-15H,4-8H2,1-3H3,(H,26,30)(H,27,31)(H,28,33)/t10?,11-,12+,13-,14+,15-/m1/s1. The van der Waals surface area contributed by atoms with Gasteiger partial charge in [0.05, 0.1) is 6.07 Å². The summed E-state index contributed by atoms with van der Waals surface area (Å²) in [4.78, 5) is 50.9. The Kier molecular flexibility index (Phi) is 6.64. The molecule has 1 aliphatic carbocycles. The third-order valence-corrected chi connectivity index (χ3v) is 6.46.